The van der Waals surface area contributed by atoms with Crippen LogP contribution in [0.4, 0.5) is 0 Å². The van der Waals surface area contributed by atoms with E-state index in [1.54, 1.807) is 21.1 Å². The maximum absolute atomic E-state index is 12.2. The number of hydrogen-bond donors (Lipinski definition) is 0. The number of carbonyl (C=O) groups is 1. The Morgan fingerprint density at radius 1 is 1.25 bits per heavy atom. The van der Waals surface area contributed by atoms with E-state index in [9.17, 15) is 4.79 Å². The number of benzene rings is 1. The topological polar surface area (TPSA) is 44.8 Å². The first kappa shape index (κ1) is 16.8. The highest BCUT2D eigenvalue weighted by Crippen LogP contribution is 2.42. The van der Waals surface area contributed by atoms with Gasteiger partial charge in [-0.15, -0.1) is 0 Å². The van der Waals surface area contributed by atoms with Crippen LogP contribution in [0.1, 0.15) is 32.3 Å². The monoisotopic (exact) mass is 344 g/mol. The Balaban J connectivity index is 3.33. The number of esters is 1. The summed E-state index contributed by atoms with van der Waals surface area (Å²) < 4.78 is 16.6. The Labute approximate surface area is 128 Å². The van der Waals surface area contributed by atoms with Gasteiger partial charge in [-0.2, -0.15) is 0 Å². The van der Waals surface area contributed by atoms with Crippen LogP contribution in [-0.4, -0.2) is 26.8 Å². The summed E-state index contributed by atoms with van der Waals surface area (Å²) in [6.07, 6.45) is 0. The minimum Gasteiger partial charge on any atom is -0.495 e. The normalized spacial score (nSPS) is 12.2. The van der Waals surface area contributed by atoms with Crippen LogP contribution in [0.15, 0.2) is 16.6 Å². The average Bonchev–Trinajstić information content (AvgIpc) is 2.39. The number of hydrogen-bond acceptors (Lipinski definition) is 4. The Hall–Kier alpha value is -1.23. The van der Waals surface area contributed by atoms with Gasteiger partial charge in [0.2, 0.25) is 0 Å². The van der Waals surface area contributed by atoms with E-state index in [-0.39, 0.29) is 17.8 Å². The predicted octanol–water partition coefficient (Wildman–Crippen LogP) is 3.77. The average molecular weight is 345 g/mol. The summed E-state index contributed by atoms with van der Waals surface area (Å²) in [5.74, 6) is 0.765. The van der Waals surface area contributed by atoms with Crippen molar-refractivity contribution < 1.29 is 19.0 Å². The minimum atomic E-state index is -0.368. The molecular formula is C15H21BrO4. The molecule has 0 aliphatic rings. The molecule has 0 aliphatic heterocycles. The molecule has 1 unspecified atom stereocenters. The second kappa shape index (κ2) is 7.53. The Bertz CT molecular complexity index is 471. The summed E-state index contributed by atoms with van der Waals surface area (Å²) in [5, 5.41) is 0. The van der Waals surface area contributed by atoms with Crippen LogP contribution in [0.2, 0.25) is 0 Å². The van der Waals surface area contributed by atoms with Crippen molar-refractivity contribution in [2.45, 2.75) is 26.7 Å². The molecule has 0 spiro atoms. The van der Waals surface area contributed by atoms with Crippen molar-refractivity contribution >= 4 is 21.9 Å². The van der Waals surface area contributed by atoms with Crippen LogP contribution in [0.25, 0.3) is 0 Å². The molecule has 1 atom stereocenters. The largest absolute Gasteiger partial charge is 0.495 e. The zero-order valence-electron chi connectivity index (χ0n) is 12.5. The number of methoxy groups -OCH3 is 2. The molecule has 0 aliphatic carbocycles. The molecule has 4 nitrogen and oxygen atoms in total. The quantitative estimate of drug-likeness (QED) is 0.737. The van der Waals surface area contributed by atoms with Gasteiger partial charge in [0, 0.05) is 5.56 Å². The molecule has 20 heavy (non-hydrogen) atoms. The number of halogens is 1. The van der Waals surface area contributed by atoms with Crippen molar-refractivity contribution in [1.82, 2.24) is 0 Å². The van der Waals surface area contributed by atoms with Crippen molar-refractivity contribution in [3.63, 3.8) is 0 Å². The molecule has 1 aromatic rings. The maximum Gasteiger partial charge on any atom is 0.313 e. The number of rotatable bonds is 6. The Morgan fingerprint density at radius 3 is 2.35 bits per heavy atom. The van der Waals surface area contributed by atoms with Crippen LogP contribution in [0.3, 0.4) is 0 Å². The predicted molar refractivity (Wildman–Crippen MR) is 81.5 cm³/mol. The summed E-state index contributed by atoms with van der Waals surface area (Å²) in [7, 11) is 3.16. The highest BCUT2D eigenvalue weighted by atomic mass is 79.9. The van der Waals surface area contributed by atoms with Crippen LogP contribution < -0.4 is 9.47 Å². The fourth-order valence-electron chi connectivity index (χ4n) is 2.15. The molecule has 112 valence electrons. The number of carbonyl (C=O) groups excluding carboxylic acids is 1. The molecule has 1 aromatic carbocycles. The lowest BCUT2D eigenvalue weighted by atomic mass is 9.87. The van der Waals surface area contributed by atoms with E-state index in [0.29, 0.717) is 22.6 Å². The lowest BCUT2D eigenvalue weighted by molar-refractivity contribution is -0.146. The lowest BCUT2D eigenvalue weighted by Gasteiger charge is -2.23. The highest BCUT2D eigenvalue weighted by molar-refractivity contribution is 9.10. The van der Waals surface area contributed by atoms with Gasteiger partial charge < -0.3 is 14.2 Å². The fraction of sp³-hybridized carbons (Fsp3) is 0.533. The third-order valence-electron chi connectivity index (χ3n) is 3.06. The third kappa shape index (κ3) is 3.45. The standard InChI is InChI=1S/C15H21BrO4/c1-6-20-15(17)12(9(2)3)10-7-8-11(18-4)13(16)14(10)19-5/h7-9,12H,6H2,1-5H3. The summed E-state index contributed by atoms with van der Waals surface area (Å²) in [5.41, 5.74) is 0.800. The second-order valence-electron chi connectivity index (χ2n) is 4.68. The molecule has 0 saturated carbocycles. The van der Waals surface area contributed by atoms with Gasteiger partial charge in [0.15, 0.2) is 0 Å². The smallest absolute Gasteiger partial charge is 0.313 e. The molecule has 0 radical (unpaired) electrons. The van der Waals surface area contributed by atoms with E-state index in [1.807, 2.05) is 26.0 Å². The van der Waals surface area contributed by atoms with Gasteiger partial charge in [0.25, 0.3) is 0 Å². The molecule has 0 heterocycles. The van der Waals surface area contributed by atoms with Crippen LogP contribution in [-0.2, 0) is 9.53 Å². The molecule has 1 rings (SSSR count). The minimum absolute atomic E-state index is 0.100. The van der Waals surface area contributed by atoms with Crippen molar-refractivity contribution in [2.75, 3.05) is 20.8 Å². The van der Waals surface area contributed by atoms with Crippen LogP contribution in [0, 0.1) is 5.92 Å². The molecule has 0 bridgehead atoms. The molecular weight excluding hydrogens is 324 g/mol. The Morgan fingerprint density at radius 2 is 1.90 bits per heavy atom. The molecule has 0 amide bonds. The first-order valence-corrected chi connectivity index (χ1v) is 7.34. The molecule has 0 fully saturated rings. The zero-order chi connectivity index (χ0) is 15.3. The molecule has 0 saturated heterocycles. The van der Waals surface area contributed by atoms with E-state index in [4.69, 9.17) is 14.2 Å². The lowest BCUT2D eigenvalue weighted by Crippen LogP contribution is -2.21. The third-order valence-corrected chi connectivity index (χ3v) is 3.81. The van der Waals surface area contributed by atoms with E-state index in [0.717, 1.165) is 5.56 Å². The fourth-order valence-corrected chi connectivity index (χ4v) is 2.84. The van der Waals surface area contributed by atoms with Gasteiger partial charge in [0.1, 0.15) is 16.0 Å². The van der Waals surface area contributed by atoms with E-state index >= 15 is 0 Å². The van der Waals surface area contributed by atoms with Crippen LogP contribution in [0.5, 0.6) is 11.5 Å². The van der Waals surface area contributed by atoms with Crippen molar-refractivity contribution in [2.24, 2.45) is 5.92 Å². The van der Waals surface area contributed by atoms with Crippen molar-refractivity contribution in [3.8, 4) is 11.5 Å². The van der Waals surface area contributed by atoms with Gasteiger partial charge in [-0.3, -0.25) is 4.79 Å². The summed E-state index contributed by atoms with van der Waals surface area (Å²) in [6, 6.07) is 3.67. The van der Waals surface area contributed by atoms with E-state index < -0.39 is 0 Å². The highest BCUT2D eigenvalue weighted by Gasteiger charge is 2.30. The first-order valence-electron chi connectivity index (χ1n) is 6.54. The van der Waals surface area contributed by atoms with Gasteiger partial charge in [-0.1, -0.05) is 19.9 Å². The summed E-state index contributed by atoms with van der Waals surface area (Å²) in [4.78, 5) is 12.2. The van der Waals surface area contributed by atoms with Gasteiger partial charge in [-0.25, -0.2) is 0 Å². The van der Waals surface area contributed by atoms with Crippen LogP contribution >= 0.6 is 15.9 Å². The second-order valence-corrected chi connectivity index (χ2v) is 5.47. The van der Waals surface area contributed by atoms with Gasteiger partial charge >= 0.3 is 5.97 Å². The van der Waals surface area contributed by atoms with E-state index in [1.165, 1.54) is 0 Å². The molecule has 5 heteroatoms. The van der Waals surface area contributed by atoms with Crippen molar-refractivity contribution in [1.29, 1.82) is 0 Å². The molecule has 0 N–H and O–H groups in total. The first-order chi connectivity index (χ1) is 9.47. The number of ether oxygens (including phenoxy) is 3. The van der Waals surface area contributed by atoms with Gasteiger partial charge in [0.05, 0.1) is 26.7 Å². The molecule has 0 aromatic heterocycles. The van der Waals surface area contributed by atoms with Crippen molar-refractivity contribution in [3.05, 3.63) is 22.2 Å². The van der Waals surface area contributed by atoms with Gasteiger partial charge in [-0.05, 0) is 34.8 Å². The van der Waals surface area contributed by atoms with E-state index in [2.05, 4.69) is 15.9 Å². The maximum atomic E-state index is 12.2. The summed E-state index contributed by atoms with van der Waals surface area (Å²) >= 11 is 3.46. The zero-order valence-corrected chi connectivity index (χ0v) is 14.1. The SMILES string of the molecule is CCOC(=O)C(c1ccc(OC)c(Br)c1OC)C(C)C. The summed E-state index contributed by atoms with van der Waals surface area (Å²) in [6.45, 7) is 6.14. The Kier molecular flexibility index (Phi) is 6.33.